The second-order valence-corrected chi connectivity index (χ2v) is 7.25. The lowest BCUT2D eigenvalue weighted by molar-refractivity contribution is 0.100. The van der Waals surface area contributed by atoms with Crippen LogP contribution < -0.4 is 34.7 Å². The largest absolute Gasteiger partial charge is 0.493 e. The molecule has 0 aliphatic heterocycles. The van der Waals surface area contributed by atoms with E-state index >= 15 is 0 Å². The maximum Gasteiger partial charge on any atom is 0.281 e. The summed E-state index contributed by atoms with van der Waals surface area (Å²) >= 11 is 5.32. The van der Waals surface area contributed by atoms with E-state index in [2.05, 4.69) is 10.4 Å². The summed E-state index contributed by atoms with van der Waals surface area (Å²) in [6, 6.07) is 6.17. The number of aromatic amines is 1. The molecule has 182 valence electrons. The van der Waals surface area contributed by atoms with Gasteiger partial charge in [0, 0.05) is 11.6 Å². The fraction of sp³-hybridized carbons (Fsp3) is 0.348. The van der Waals surface area contributed by atoms with Crippen molar-refractivity contribution >= 4 is 29.0 Å². The summed E-state index contributed by atoms with van der Waals surface area (Å²) in [5.41, 5.74) is 2.66. The molecule has 0 radical (unpaired) electrons. The van der Waals surface area contributed by atoms with Crippen molar-refractivity contribution < 1.29 is 28.5 Å². The number of nitrogens with zero attached hydrogens (tertiary/aromatic N) is 1. The first-order valence-corrected chi connectivity index (χ1v) is 11.1. The molecule has 0 unspecified atom stereocenters. The topological polar surface area (TPSA) is 113 Å². The Morgan fingerprint density at radius 2 is 1.47 bits per heavy atom. The number of aromatic nitrogens is 2. The molecule has 3 rings (SSSR count). The quantitative estimate of drug-likeness (QED) is 0.415. The van der Waals surface area contributed by atoms with Gasteiger partial charge >= 0.3 is 0 Å². The number of ether oxygens (including phenoxy) is 5. The Balaban J connectivity index is 2.07. The number of H-pyrrole nitrogens is 1. The highest BCUT2D eigenvalue weighted by atomic mass is 32.1. The van der Waals surface area contributed by atoms with E-state index in [-0.39, 0.29) is 15.7 Å². The second-order valence-electron chi connectivity index (χ2n) is 6.87. The Bertz CT molecular complexity index is 1290. The first kappa shape index (κ1) is 24.9. The number of benzene rings is 2. The van der Waals surface area contributed by atoms with Crippen molar-refractivity contribution in [2.24, 2.45) is 0 Å². The average molecular weight is 490 g/mol. The molecule has 1 aromatic heterocycles. The molecule has 2 aromatic carbocycles. The molecule has 10 nitrogen and oxygen atoms in total. The molecule has 3 aromatic rings. The van der Waals surface area contributed by atoms with E-state index < -0.39 is 11.5 Å². The standard InChI is InChI=1S/C23H27N3O7S/c1-6-31-18-9-13(10-19(32-7-2)20(18)33-8-3)21(27)25-26-22(28)14-11-16(29-4)17(30-5)12-15(14)24-23(26)34/h9-12H,6-8H2,1-5H3,(H,24,34)(H,25,27). The predicted octanol–water partition coefficient (Wildman–Crippen LogP) is 3.66. The Hall–Kier alpha value is -3.73. The Morgan fingerprint density at radius 1 is 0.912 bits per heavy atom. The van der Waals surface area contributed by atoms with Crippen molar-refractivity contribution in [3.63, 3.8) is 0 Å². The minimum atomic E-state index is -0.591. The van der Waals surface area contributed by atoms with Gasteiger partial charge in [0.2, 0.25) is 5.75 Å². The molecule has 1 heterocycles. The van der Waals surface area contributed by atoms with Crippen LogP contribution >= 0.6 is 12.2 Å². The molecule has 2 N–H and O–H groups in total. The molecule has 0 fully saturated rings. The van der Waals surface area contributed by atoms with Gasteiger partial charge in [-0.1, -0.05) is 0 Å². The zero-order valence-electron chi connectivity index (χ0n) is 19.6. The van der Waals surface area contributed by atoms with Gasteiger partial charge in [0.1, 0.15) is 0 Å². The smallest absolute Gasteiger partial charge is 0.281 e. The lowest BCUT2D eigenvalue weighted by Gasteiger charge is -2.17. The number of rotatable bonds is 10. The second kappa shape index (κ2) is 10.9. The average Bonchev–Trinajstić information content (AvgIpc) is 2.83. The van der Waals surface area contributed by atoms with Gasteiger partial charge in [0.05, 0.1) is 44.9 Å². The summed E-state index contributed by atoms with van der Waals surface area (Å²) in [5.74, 6) is 1.32. The van der Waals surface area contributed by atoms with Gasteiger partial charge < -0.3 is 28.7 Å². The molecular weight excluding hydrogens is 462 g/mol. The fourth-order valence-corrected chi connectivity index (χ4v) is 3.57. The van der Waals surface area contributed by atoms with E-state index in [1.165, 1.54) is 32.4 Å². The van der Waals surface area contributed by atoms with Gasteiger partial charge in [-0.05, 0) is 51.2 Å². The predicted molar refractivity (Wildman–Crippen MR) is 130 cm³/mol. The summed E-state index contributed by atoms with van der Waals surface area (Å²) in [7, 11) is 2.95. The van der Waals surface area contributed by atoms with Crippen LogP contribution in [0, 0.1) is 4.77 Å². The SMILES string of the molecule is CCOc1cc(C(=O)Nn2c(=S)[nH]c3cc(OC)c(OC)cc3c2=O)cc(OCC)c1OCC. The maximum absolute atomic E-state index is 13.2. The zero-order valence-corrected chi connectivity index (χ0v) is 20.5. The molecule has 0 saturated carbocycles. The third-order valence-corrected chi connectivity index (χ3v) is 5.07. The Labute approximate surface area is 201 Å². The van der Waals surface area contributed by atoms with Crippen molar-refractivity contribution in [3.8, 4) is 28.7 Å². The van der Waals surface area contributed by atoms with E-state index in [4.69, 9.17) is 35.9 Å². The lowest BCUT2D eigenvalue weighted by atomic mass is 10.1. The minimum Gasteiger partial charge on any atom is -0.493 e. The number of amides is 1. The van der Waals surface area contributed by atoms with Gasteiger partial charge in [0.25, 0.3) is 11.5 Å². The van der Waals surface area contributed by atoms with Crippen LogP contribution in [0.3, 0.4) is 0 Å². The van der Waals surface area contributed by atoms with E-state index in [1.54, 1.807) is 6.07 Å². The van der Waals surface area contributed by atoms with Crippen molar-refractivity contribution in [1.82, 2.24) is 9.66 Å². The fourth-order valence-electron chi connectivity index (χ4n) is 3.33. The number of carbonyl (C=O) groups excluding carboxylic acids is 1. The molecule has 0 saturated heterocycles. The maximum atomic E-state index is 13.2. The van der Waals surface area contributed by atoms with Crippen LogP contribution in [0.2, 0.25) is 0 Å². The number of hydrogen-bond acceptors (Lipinski definition) is 8. The van der Waals surface area contributed by atoms with Crippen LogP contribution in [-0.2, 0) is 0 Å². The summed E-state index contributed by atoms with van der Waals surface area (Å²) in [5, 5.41) is 0.253. The highest BCUT2D eigenvalue weighted by Crippen LogP contribution is 2.39. The third kappa shape index (κ3) is 4.93. The van der Waals surface area contributed by atoms with Crippen LogP contribution in [0.4, 0.5) is 0 Å². The normalized spacial score (nSPS) is 10.6. The molecule has 34 heavy (non-hydrogen) atoms. The number of carbonyl (C=O) groups is 1. The van der Waals surface area contributed by atoms with Crippen LogP contribution in [0.25, 0.3) is 10.9 Å². The molecule has 11 heteroatoms. The molecule has 0 aliphatic carbocycles. The van der Waals surface area contributed by atoms with Crippen molar-refractivity contribution in [2.45, 2.75) is 20.8 Å². The van der Waals surface area contributed by atoms with E-state index in [0.717, 1.165) is 4.68 Å². The molecule has 0 atom stereocenters. The van der Waals surface area contributed by atoms with Gasteiger partial charge in [-0.15, -0.1) is 0 Å². The number of hydrogen-bond donors (Lipinski definition) is 2. The van der Waals surface area contributed by atoms with Gasteiger partial charge in [-0.2, -0.15) is 4.68 Å². The summed E-state index contributed by atoms with van der Waals surface area (Å²) in [6.07, 6.45) is 0. The number of methoxy groups -OCH3 is 2. The monoisotopic (exact) mass is 489 g/mol. The van der Waals surface area contributed by atoms with E-state index in [1.807, 2.05) is 20.8 Å². The minimum absolute atomic E-state index is 0.000861. The molecular formula is C23H27N3O7S. The van der Waals surface area contributed by atoms with Crippen molar-refractivity contribution in [2.75, 3.05) is 39.5 Å². The Kier molecular flexibility index (Phi) is 8.00. The Morgan fingerprint density at radius 3 is 2.00 bits per heavy atom. The highest BCUT2D eigenvalue weighted by Gasteiger charge is 2.20. The number of fused-ring (bicyclic) bond motifs is 1. The lowest BCUT2D eigenvalue weighted by Crippen LogP contribution is -2.34. The first-order valence-electron chi connectivity index (χ1n) is 10.7. The van der Waals surface area contributed by atoms with Crippen LogP contribution in [-0.4, -0.2) is 49.6 Å². The van der Waals surface area contributed by atoms with Crippen molar-refractivity contribution in [1.29, 1.82) is 0 Å². The van der Waals surface area contributed by atoms with Gasteiger partial charge in [-0.3, -0.25) is 15.0 Å². The van der Waals surface area contributed by atoms with Crippen LogP contribution in [0.15, 0.2) is 29.1 Å². The van der Waals surface area contributed by atoms with Crippen LogP contribution in [0.1, 0.15) is 31.1 Å². The number of nitrogens with one attached hydrogen (secondary N) is 2. The first-order chi connectivity index (χ1) is 16.4. The van der Waals surface area contributed by atoms with Crippen molar-refractivity contribution in [3.05, 3.63) is 45.0 Å². The van der Waals surface area contributed by atoms with Gasteiger partial charge in [0.15, 0.2) is 27.8 Å². The molecule has 0 spiro atoms. The summed E-state index contributed by atoms with van der Waals surface area (Å²) in [6.45, 7) is 6.58. The van der Waals surface area contributed by atoms with E-state index in [0.29, 0.717) is 54.1 Å². The summed E-state index contributed by atoms with van der Waals surface area (Å²) < 4.78 is 28.5. The van der Waals surface area contributed by atoms with Gasteiger partial charge in [-0.25, -0.2) is 0 Å². The van der Waals surface area contributed by atoms with Crippen LogP contribution in [0.5, 0.6) is 28.7 Å². The highest BCUT2D eigenvalue weighted by molar-refractivity contribution is 7.71. The molecule has 1 amide bonds. The third-order valence-electron chi connectivity index (χ3n) is 4.79. The van der Waals surface area contributed by atoms with E-state index in [9.17, 15) is 9.59 Å². The molecule has 0 aliphatic rings. The molecule has 0 bridgehead atoms. The zero-order chi connectivity index (χ0) is 24.8. The summed E-state index contributed by atoms with van der Waals surface area (Å²) in [4.78, 5) is 29.2.